The zero-order chi connectivity index (χ0) is 32.1. The van der Waals surface area contributed by atoms with Crippen molar-refractivity contribution in [3.8, 4) is 0 Å². The van der Waals surface area contributed by atoms with Crippen molar-refractivity contribution in [2.45, 2.75) is 109 Å². The number of hydrogen-bond donors (Lipinski definition) is 0. The maximum Gasteiger partial charge on any atom is 0.303 e. The van der Waals surface area contributed by atoms with Crippen LogP contribution in [0.1, 0.15) is 52.0 Å². The van der Waals surface area contributed by atoms with Gasteiger partial charge >= 0.3 is 17.9 Å². The van der Waals surface area contributed by atoms with E-state index in [4.69, 9.17) is 42.6 Å². The molecule has 0 radical (unpaired) electrons. The van der Waals surface area contributed by atoms with E-state index in [1.807, 2.05) is 67.6 Å². The zero-order valence-corrected chi connectivity index (χ0v) is 25.9. The van der Waals surface area contributed by atoms with Crippen LogP contribution in [0.2, 0.25) is 0 Å². The highest BCUT2D eigenvalue weighted by Gasteiger charge is 2.55. The molecule has 3 heterocycles. The fraction of sp³-hybridized carbons (Fsp3) is 0.545. The molecule has 11 atom stereocenters. The highest BCUT2D eigenvalue weighted by molar-refractivity contribution is 5.68. The second kappa shape index (κ2) is 14.8. The average molecular weight is 629 g/mol. The van der Waals surface area contributed by atoms with E-state index in [-0.39, 0.29) is 13.2 Å². The summed E-state index contributed by atoms with van der Waals surface area (Å²) in [6, 6.07) is 19.2. The minimum atomic E-state index is -1.28. The predicted octanol–water partition coefficient (Wildman–Crippen LogP) is 3.40. The summed E-state index contributed by atoms with van der Waals surface area (Å²) in [6.45, 7) is 7.65. The van der Waals surface area contributed by atoms with Gasteiger partial charge in [-0.2, -0.15) is 0 Å². The fourth-order valence-corrected chi connectivity index (χ4v) is 5.92. The standard InChI is InChI=1S/C33H40O12/c1-18-26(44-33-31(43-22(5)36)30(42-21(4)35)27(19(2)40-33)41-20(3)34)29(37-16-23-12-8-6-9-13-23)28-25(39-18)17-38-32(45-28)24-14-10-7-11-15-24/h6-15,18-19,25-33H,16-17H2,1-5H3/t18-,19?,25?,26?,27-,28+,29?,30?,31-,32?,33-/m0/s1. The van der Waals surface area contributed by atoms with Crippen LogP contribution in [0.25, 0.3) is 0 Å². The largest absolute Gasteiger partial charge is 0.456 e. The van der Waals surface area contributed by atoms with Crippen molar-refractivity contribution in [3.05, 3.63) is 71.8 Å². The SMILES string of the molecule is CC(=O)OC1[C@@H](OC(C)=O)C(C)O[C@@H](OC2C(OCc3ccccc3)[C@@H]3OC(c4ccccc4)OCC3O[C@H]2C)[C@H]1OC(C)=O. The van der Waals surface area contributed by atoms with Crippen LogP contribution in [0.4, 0.5) is 0 Å². The molecule has 3 saturated heterocycles. The first-order valence-corrected chi connectivity index (χ1v) is 15.1. The van der Waals surface area contributed by atoms with Crippen LogP contribution in [0.3, 0.4) is 0 Å². The van der Waals surface area contributed by atoms with Crippen molar-refractivity contribution in [2.24, 2.45) is 0 Å². The molecule has 0 saturated carbocycles. The van der Waals surface area contributed by atoms with Crippen molar-refractivity contribution in [1.82, 2.24) is 0 Å². The Morgan fingerprint density at radius 3 is 1.91 bits per heavy atom. The Balaban J connectivity index is 1.45. The van der Waals surface area contributed by atoms with Crippen LogP contribution < -0.4 is 0 Å². The number of benzene rings is 2. The molecule has 0 amide bonds. The van der Waals surface area contributed by atoms with Gasteiger partial charge in [-0.05, 0) is 19.4 Å². The number of fused-ring (bicyclic) bond motifs is 1. The highest BCUT2D eigenvalue weighted by Crippen LogP contribution is 2.38. The molecule has 0 aromatic heterocycles. The molecule has 2 aromatic rings. The molecule has 0 N–H and O–H groups in total. The second-order valence-electron chi connectivity index (χ2n) is 11.3. The average Bonchev–Trinajstić information content (AvgIpc) is 3.01. The van der Waals surface area contributed by atoms with E-state index < -0.39 is 85.4 Å². The summed E-state index contributed by atoms with van der Waals surface area (Å²) >= 11 is 0. The summed E-state index contributed by atoms with van der Waals surface area (Å²) in [5, 5.41) is 0. The monoisotopic (exact) mass is 628 g/mol. The van der Waals surface area contributed by atoms with Gasteiger partial charge in [0.25, 0.3) is 0 Å². The molecule has 3 aliphatic rings. The van der Waals surface area contributed by atoms with Crippen LogP contribution in [0.5, 0.6) is 0 Å². The highest BCUT2D eigenvalue weighted by atomic mass is 16.8. The molecule has 3 fully saturated rings. The number of ether oxygens (including phenoxy) is 9. The number of esters is 3. The van der Waals surface area contributed by atoms with Crippen molar-refractivity contribution in [3.63, 3.8) is 0 Å². The smallest absolute Gasteiger partial charge is 0.303 e. The third-order valence-electron chi connectivity index (χ3n) is 7.84. The summed E-state index contributed by atoms with van der Waals surface area (Å²) in [6.07, 6.45) is -9.37. The van der Waals surface area contributed by atoms with Gasteiger partial charge in [0.1, 0.15) is 24.4 Å². The molecule has 244 valence electrons. The molecule has 45 heavy (non-hydrogen) atoms. The van der Waals surface area contributed by atoms with Gasteiger partial charge in [-0.15, -0.1) is 0 Å². The molecule has 12 nitrogen and oxygen atoms in total. The van der Waals surface area contributed by atoms with Gasteiger partial charge in [-0.3, -0.25) is 14.4 Å². The molecule has 5 rings (SSSR count). The van der Waals surface area contributed by atoms with Crippen molar-refractivity contribution in [2.75, 3.05) is 6.61 Å². The number of carbonyl (C=O) groups excluding carboxylic acids is 3. The summed E-state index contributed by atoms with van der Waals surface area (Å²) in [5.74, 6) is -1.95. The molecule has 12 heteroatoms. The molecule has 0 aliphatic carbocycles. The van der Waals surface area contributed by atoms with E-state index in [1.54, 1.807) is 6.92 Å². The Labute approximate surface area is 262 Å². The van der Waals surface area contributed by atoms with Gasteiger partial charge < -0.3 is 42.6 Å². The number of carbonyl (C=O) groups is 3. The van der Waals surface area contributed by atoms with Crippen LogP contribution in [0, 0.1) is 0 Å². The first-order chi connectivity index (χ1) is 21.6. The molecular formula is C33H40O12. The third kappa shape index (κ3) is 8.07. The topological polar surface area (TPSA) is 134 Å². The summed E-state index contributed by atoms with van der Waals surface area (Å²) in [5.41, 5.74) is 1.78. The summed E-state index contributed by atoms with van der Waals surface area (Å²) in [4.78, 5) is 36.4. The maximum absolute atomic E-state index is 12.3. The lowest BCUT2D eigenvalue weighted by Gasteiger charge is -2.50. The first kappa shape index (κ1) is 33.0. The van der Waals surface area contributed by atoms with Crippen molar-refractivity contribution >= 4 is 17.9 Å². The van der Waals surface area contributed by atoms with E-state index in [9.17, 15) is 14.4 Å². The molecule has 6 unspecified atom stereocenters. The van der Waals surface area contributed by atoms with Crippen LogP contribution in [-0.4, -0.2) is 85.7 Å². The summed E-state index contributed by atoms with van der Waals surface area (Å²) in [7, 11) is 0. The van der Waals surface area contributed by atoms with E-state index in [0.717, 1.165) is 11.1 Å². The number of hydrogen-bond acceptors (Lipinski definition) is 12. The molecule has 2 aromatic carbocycles. The van der Waals surface area contributed by atoms with Gasteiger partial charge in [-0.1, -0.05) is 60.7 Å². The lowest BCUT2D eigenvalue weighted by atomic mass is 9.93. The van der Waals surface area contributed by atoms with Gasteiger partial charge in [0.05, 0.1) is 25.4 Å². The van der Waals surface area contributed by atoms with Crippen LogP contribution in [0.15, 0.2) is 60.7 Å². The summed E-state index contributed by atoms with van der Waals surface area (Å²) < 4.78 is 54.8. The van der Waals surface area contributed by atoms with Crippen LogP contribution in [-0.2, 0) is 63.6 Å². The Bertz CT molecular complexity index is 1290. The van der Waals surface area contributed by atoms with Gasteiger partial charge in [-0.25, -0.2) is 0 Å². The van der Waals surface area contributed by atoms with Gasteiger partial charge in [0.2, 0.25) is 0 Å². The number of rotatable bonds is 9. The quantitative estimate of drug-likeness (QED) is 0.298. The van der Waals surface area contributed by atoms with E-state index in [2.05, 4.69) is 0 Å². The van der Waals surface area contributed by atoms with Crippen molar-refractivity contribution in [1.29, 1.82) is 0 Å². The Morgan fingerprint density at radius 1 is 0.689 bits per heavy atom. The van der Waals surface area contributed by atoms with Gasteiger partial charge in [0, 0.05) is 26.3 Å². The molecule has 3 aliphatic heterocycles. The van der Waals surface area contributed by atoms with Crippen molar-refractivity contribution < 1.29 is 57.0 Å². The van der Waals surface area contributed by atoms with E-state index in [1.165, 1.54) is 20.8 Å². The minimum absolute atomic E-state index is 0.251. The zero-order valence-electron chi connectivity index (χ0n) is 25.9. The molecule has 0 bridgehead atoms. The third-order valence-corrected chi connectivity index (χ3v) is 7.84. The molecule has 0 spiro atoms. The van der Waals surface area contributed by atoms with Crippen LogP contribution >= 0.6 is 0 Å². The normalized spacial score (nSPS) is 34.6. The Hall–Kier alpha value is -3.39. The molecular weight excluding hydrogens is 588 g/mol. The Morgan fingerprint density at radius 2 is 1.27 bits per heavy atom. The second-order valence-corrected chi connectivity index (χ2v) is 11.3. The van der Waals surface area contributed by atoms with E-state index in [0.29, 0.717) is 0 Å². The van der Waals surface area contributed by atoms with Gasteiger partial charge in [0.15, 0.2) is 30.9 Å². The maximum atomic E-state index is 12.3. The van der Waals surface area contributed by atoms with E-state index >= 15 is 0 Å². The Kier molecular flexibility index (Phi) is 10.9. The lowest BCUT2D eigenvalue weighted by molar-refractivity contribution is -0.367. The fourth-order valence-electron chi connectivity index (χ4n) is 5.92. The first-order valence-electron chi connectivity index (χ1n) is 15.1. The minimum Gasteiger partial charge on any atom is -0.456 e. The predicted molar refractivity (Wildman–Crippen MR) is 155 cm³/mol. The lowest BCUT2D eigenvalue weighted by Crippen LogP contribution is -2.66.